The molecule has 0 aliphatic carbocycles. The summed E-state index contributed by atoms with van der Waals surface area (Å²) in [6.07, 6.45) is -2.05. The fourth-order valence-electron chi connectivity index (χ4n) is 4.03. The number of hydrogen-bond donors (Lipinski definition) is 0. The number of hydrazone groups is 1. The van der Waals surface area contributed by atoms with Gasteiger partial charge in [-0.2, -0.15) is 18.3 Å². The van der Waals surface area contributed by atoms with Gasteiger partial charge in [-0.15, -0.1) is 0 Å². The molecule has 4 rings (SSSR count). The number of carbonyl (C=O) groups excluding carboxylic acids is 1. The van der Waals surface area contributed by atoms with E-state index in [0.29, 0.717) is 45.0 Å². The van der Waals surface area contributed by atoms with E-state index in [2.05, 4.69) is 10.0 Å². The van der Waals surface area contributed by atoms with Crippen LogP contribution in [0.1, 0.15) is 30.0 Å². The molecule has 174 valence electrons. The number of rotatable bonds is 4. The lowest BCUT2D eigenvalue weighted by molar-refractivity contribution is -0.137. The molecule has 0 unspecified atom stereocenters. The molecule has 0 spiro atoms. The molecule has 2 aromatic carbocycles. The summed E-state index contributed by atoms with van der Waals surface area (Å²) in [4.78, 5) is 16.8. The summed E-state index contributed by atoms with van der Waals surface area (Å²) in [5, 5.41) is 6.02. The molecular formula is C25H27F3N4O. The van der Waals surface area contributed by atoms with Gasteiger partial charge in [0.2, 0.25) is 5.91 Å². The van der Waals surface area contributed by atoms with Crippen molar-refractivity contribution in [2.75, 3.05) is 37.7 Å². The molecule has 1 fully saturated rings. The minimum atomic E-state index is -4.35. The van der Waals surface area contributed by atoms with Crippen LogP contribution >= 0.6 is 0 Å². The molecule has 2 aliphatic rings. The summed E-state index contributed by atoms with van der Waals surface area (Å²) in [5.41, 5.74) is 3.88. The zero-order valence-corrected chi connectivity index (χ0v) is 18.8. The Morgan fingerprint density at radius 1 is 1.00 bits per heavy atom. The molecule has 2 heterocycles. The predicted octanol–water partition coefficient (Wildman–Crippen LogP) is 4.79. The second kappa shape index (κ2) is 9.39. The topological polar surface area (TPSA) is 39.1 Å². The Morgan fingerprint density at radius 2 is 1.70 bits per heavy atom. The highest BCUT2D eigenvalue weighted by Gasteiger charge is 2.31. The number of halogens is 3. The number of hydrogen-bond acceptors (Lipinski definition) is 4. The summed E-state index contributed by atoms with van der Waals surface area (Å²) in [6, 6.07) is 13.5. The molecule has 1 amide bonds. The van der Waals surface area contributed by atoms with Gasteiger partial charge in [-0.25, -0.2) is 5.01 Å². The highest BCUT2D eigenvalue weighted by Crippen LogP contribution is 2.32. The van der Waals surface area contributed by atoms with E-state index >= 15 is 0 Å². The van der Waals surface area contributed by atoms with Crippen molar-refractivity contribution in [2.45, 2.75) is 26.4 Å². The number of piperazine rings is 1. The number of carbonyl (C=O) groups is 1. The van der Waals surface area contributed by atoms with E-state index in [0.717, 1.165) is 22.9 Å². The lowest BCUT2D eigenvalue weighted by Gasteiger charge is -2.38. The Kier molecular flexibility index (Phi) is 6.56. The van der Waals surface area contributed by atoms with Crippen molar-refractivity contribution in [3.63, 3.8) is 0 Å². The van der Waals surface area contributed by atoms with Gasteiger partial charge in [0, 0.05) is 31.9 Å². The van der Waals surface area contributed by atoms with Crippen LogP contribution in [-0.4, -0.2) is 54.4 Å². The molecule has 0 atom stereocenters. The van der Waals surface area contributed by atoms with Crippen LogP contribution in [0.4, 0.5) is 18.9 Å². The van der Waals surface area contributed by atoms with Crippen LogP contribution in [0.25, 0.3) is 6.08 Å². The zero-order chi connectivity index (χ0) is 23.6. The standard InChI is InChI=1S/C25H27F3N4O/c1-18-6-8-20(9-7-18)14-21-15-24(33)32(29-19(21)2)17-30-10-12-31(13-11-30)23-5-3-4-22(16-23)25(26,27)28/h3-9,14,16H,10-13,15,17H2,1-2H3/b21-14-. The average molecular weight is 457 g/mol. The van der Waals surface area contributed by atoms with Crippen LogP contribution in [0.5, 0.6) is 0 Å². The highest BCUT2D eigenvalue weighted by atomic mass is 19.4. The minimum absolute atomic E-state index is 0.0562. The van der Waals surface area contributed by atoms with E-state index in [1.807, 2.05) is 49.1 Å². The van der Waals surface area contributed by atoms with E-state index in [1.54, 1.807) is 6.07 Å². The second-order valence-electron chi connectivity index (χ2n) is 8.53. The second-order valence-corrected chi connectivity index (χ2v) is 8.53. The lowest BCUT2D eigenvalue weighted by Crippen LogP contribution is -2.50. The van der Waals surface area contributed by atoms with Crippen molar-refractivity contribution in [1.29, 1.82) is 0 Å². The number of nitrogens with zero attached hydrogens (tertiary/aromatic N) is 4. The van der Waals surface area contributed by atoms with Gasteiger partial charge in [-0.3, -0.25) is 9.69 Å². The normalized spacial score (nSPS) is 19.2. The van der Waals surface area contributed by atoms with Gasteiger partial charge in [0.15, 0.2) is 0 Å². The maximum atomic E-state index is 13.0. The van der Waals surface area contributed by atoms with E-state index in [-0.39, 0.29) is 5.91 Å². The average Bonchev–Trinajstić information content (AvgIpc) is 2.79. The van der Waals surface area contributed by atoms with Crippen LogP contribution in [0.2, 0.25) is 0 Å². The fraction of sp³-hybridized carbons (Fsp3) is 0.360. The van der Waals surface area contributed by atoms with Crippen LogP contribution < -0.4 is 4.90 Å². The minimum Gasteiger partial charge on any atom is -0.369 e. The Bertz CT molecular complexity index is 1070. The molecule has 0 bridgehead atoms. The fourth-order valence-corrected chi connectivity index (χ4v) is 4.03. The first kappa shape index (κ1) is 23.0. The van der Waals surface area contributed by atoms with Crippen molar-refractivity contribution in [3.05, 3.63) is 70.8 Å². The summed E-state index contributed by atoms with van der Waals surface area (Å²) < 4.78 is 39.0. The van der Waals surface area contributed by atoms with Crippen molar-refractivity contribution < 1.29 is 18.0 Å². The molecule has 2 aromatic rings. The first-order valence-corrected chi connectivity index (χ1v) is 11.0. The number of anilines is 1. The van der Waals surface area contributed by atoms with Gasteiger partial charge in [0.05, 0.1) is 24.4 Å². The van der Waals surface area contributed by atoms with Crippen LogP contribution in [0.15, 0.2) is 59.2 Å². The maximum absolute atomic E-state index is 13.0. The summed E-state index contributed by atoms with van der Waals surface area (Å²) in [6.45, 7) is 6.77. The number of amides is 1. The molecule has 2 aliphatic heterocycles. The Balaban J connectivity index is 1.36. The third-order valence-electron chi connectivity index (χ3n) is 6.03. The SMILES string of the molecule is CC1=NN(CN2CCN(c3cccc(C(F)(F)F)c3)CC2)C(=O)C/C1=C/c1ccc(C)cc1. The van der Waals surface area contributed by atoms with E-state index < -0.39 is 11.7 Å². The number of benzene rings is 2. The number of aryl methyl sites for hydroxylation is 1. The summed E-state index contributed by atoms with van der Waals surface area (Å²) >= 11 is 0. The first-order chi connectivity index (χ1) is 15.7. The molecular weight excluding hydrogens is 429 g/mol. The van der Waals surface area contributed by atoms with Crippen LogP contribution in [-0.2, 0) is 11.0 Å². The van der Waals surface area contributed by atoms with Crippen molar-refractivity contribution >= 4 is 23.4 Å². The molecule has 5 nitrogen and oxygen atoms in total. The first-order valence-electron chi connectivity index (χ1n) is 11.0. The highest BCUT2D eigenvalue weighted by molar-refractivity contribution is 6.08. The zero-order valence-electron chi connectivity index (χ0n) is 18.8. The van der Waals surface area contributed by atoms with Gasteiger partial charge < -0.3 is 4.90 Å². The number of alkyl halides is 3. The van der Waals surface area contributed by atoms with Gasteiger partial charge in [0.25, 0.3) is 0 Å². The molecule has 0 N–H and O–H groups in total. The summed E-state index contributed by atoms with van der Waals surface area (Å²) in [5.74, 6) is -0.0562. The maximum Gasteiger partial charge on any atom is 0.416 e. The van der Waals surface area contributed by atoms with Gasteiger partial charge in [-0.05, 0) is 49.3 Å². The Labute approximate surface area is 191 Å². The van der Waals surface area contributed by atoms with E-state index in [9.17, 15) is 18.0 Å². The smallest absolute Gasteiger partial charge is 0.369 e. The molecule has 0 aromatic heterocycles. The van der Waals surface area contributed by atoms with Crippen molar-refractivity contribution in [1.82, 2.24) is 9.91 Å². The third-order valence-corrected chi connectivity index (χ3v) is 6.03. The van der Waals surface area contributed by atoms with Gasteiger partial charge in [0.1, 0.15) is 0 Å². The van der Waals surface area contributed by atoms with Gasteiger partial charge >= 0.3 is 6.18 Å². The molecule has 33 heavy (non-hydrogen) atoms. The van der Waals surface area contributed by atoms with Crippen LogP contribution in [0, 0.1) is 6.92 Å². The quantitative estimate of drug-likeness (QED) is 0.665. The van der Waals surface area contributed by atoms with Crippen molar-refractivity contribution in [3.8, 4) is 0 Å². The lowest BCUT2D eigenvalue weighted by atomic mass is 10.0. The molecule has 1 saturated heterocycles. The van der Waals surface area contributed by atoms with Crippen molar-refractivity contribution in [2.24, 2.45) is 5.10 Å². The predicted molar refractivity (Wildman–Crippen MR) is 124 cm³/mol. The Morgan fingerprint density at radius 3 is 2.36 bits per heavy atom. The molecule has 8 heteroatoms. The molecule has 0 radical (unpaired) electrons. The van der Waals surface area contributed by atoms with Crippen LogP contribution in [0.3, 0.4) is 0 Å². The van der Waals surface area contributed by atoms with Gasteiger partial charge in [-0.1, -0.05) is 35.9 Å². The monoisotopic (exact) mass is 456 g/mol. The third kappa shape index (κ3) is 5.63. The summed E-state index contributed by atoms with van der Waals surface area (Å²) in [7, 11) is 0. The molecule has 0 saturated carbocycles. The van der Waals surface area contributed by atoms with E-state index in [4.69, 9.17) is 0 Å². The largest absolute Gasteiger partial charge is 0.416 e. The Hall–Kier alpha value is -3.13. The van der Waals surface area contributed by atoms with E-state index in [1.165, 1.54) is 22.7 Å².